The van der Waals surface area contributed by atoms with Gasteiger partial charge in [0, 0.05) is 10.8 Å². The average Bonchev–Trinajstić information content (AvgIpc) is 3.00. The Morgan fingerprint density at radius 3 is 2.52 bits per heavy atom. The van der Waals surface area contributed by atoms with Crippen LogP contribution in [0.2, 0.25) is 0 Å². The third kappa shape index (κ3) is 4.00. The first-order valence-electron chi connectivity index (χ1n) is 9.22. The second-order valence-corrected chi connectivity index (χ2v) is 7.65. The summed E-state index contributed by atoms with van der Waals surface area (Å²) in [4.78, 5) is 12.6. The van der Waals surface area contributed by atoms with E-state index in [-0.39, 0.29) is 11.4 Å². The van der Waals surface area contributed by atoms with E-state index in [1.54, 1.807) is 6.92 Å². The van der Waals surface area contributed by atoms with Crippen LogP contribution >= 0.6 is 0 Å². The zero-order valence-corrected chi connectivity index (χ0v) is 16.6. The lowest BCUT2D eigenvalue weighted by molar-refractivity contribution is 0.0523. The molecule has 4 nitrogen and oxygen atoms in total. The number of ether oxygens (including phenoxy) is 2. The van der Waals surface area contributed by atoms with E-state index in [2.05, 4.69) is 13.0 Å². The summed E-state index contributed by atoms with van der Waals surface area (Å²) < 4.78 is 17.3. The molecule has 0 atom stereocenters. The smallest absolute Gasteiger partial charge is 0.342 e. The number of hydrogen-bond acceptors (Lipinski definition) is 4. The molecule has 3 aromatic rings. The summed E-state index contributed by atoms with van der Waals surface area (Å²) >= 11 is 0. The molecule has 1 heterocycles. The van der Waals surface area contributed by atoms with Crippen LogP contribution < -0.4 is 4.74 Å². The van der Waals surface area contributed by atoms with E-state index in [1.807, 2.05) is 57.2 Å². The highest BCUT2D eigenvalue weighted by Gasteiger charge is 2.30. The van der Waals surface area contributed by atoms with Crippen LogP contribution in [0.1, 0.15) is 54.9 Å². The molecule has 0 bridgehead atoms. The molecule has 1 aromatic heterocycles. The van der Waals surface area contributed by atoms with Crippen molar-refractivity contribution in [1.29, 1.82) is 0 Å². The molecule has 0 amide bonds. The van der Waals surface area contributed by atoms with Crippen molar-refractivity contribution in [3.63, 3.8) is 0 Å². The highest BCUT2D eigenvalue weighted by atomic mass is 16.5. The SMILES string of the molecule is CCOC(=O)c1c(C(C)(C)C)oc2ccc(OCc3ccccc3C)cc12. The highest BCUT2D eigenvalue weighted by molar-refractivity contribution is 6.05. The first-order valence-corrected chi connectivity index (χ1v) is 9.22. The van der Waals surface area contributed by atoms with Crippen molar-refractivity contribution in [3.8, 4) is 5.75 Å². The molecule has 0 aliphatic rings. The number of aryl methyl sites for hydroxylation is 1. The van der Waals surface area contributed by atoms with Crippen LogP contribution in [0, 0.1) is 6.92 Å². The van der Waals surface area contributed by atoms with E-state index in [0.29, 0.717) is 35.9 Å². The van der Waals surface area contributed by atoms with Crippen molar-refractivity contribution < 1.29 is 18.7 Å². The summed E-state index contributed by atoms with van der Waals surface area (Å²) in [6, 6.07) is 13.7. The van der Waals surface area contributed by atoms with Gasteiger partial charge in [-0.1, -0.05) is 45.0 Å². The van der Waals surface area contributed by atoms with E-state index in [1.165, 1.54) is 5.56 Å². The zero-order valence-electron chi connectivity index (χ0n) is 16.6. The fourth-order valence-corrected chi connectivity index (χ4v) is 3.03. The molecule has 142 valence electrons. The van der Waals surface area contributed by atoms with Gasteiger partial charge in [0.15, 0.2) is 0 Å². The number of fused-ring (bicyclic) bond motifs is 1. The molecule has 0 saturated heterocycles. The minimum atomic E-state index is -0.364. The quantitative estimate of drug-likeness (QED) is 0.536. The van der Waals surface area contributed by atoms with Crippen LogP contribution in [0.15, 0.2) is 46.9 Å². The van der Waals surface area contributed by atoms with Crippen LogP contribution in [0.3, 0.4) is 0 Å². The van der Waals surface area contributed by atoms with Gasteiger partial charge in [0.2, 0.25) is 0 Å². The molecule has 0 aliphatic carbocycles. The van der Waals surface area contributed by atoms with Gasteiger partial charge in [0.25, 0.3) is 0 Å². The Morgan fingerprint density at radius 1 is 1.11 bits per heavy atom. The number of rotatable bonds is 5. The fourth-order valence-electron chi connectivity index (χ4n) is 3.03. The van der Waals surface area contributed by atoms with Gasteiger partial charge in [-0.05, 0) is 43.2 Å². The maximum absolute atomic E-state index is 12.6. The van der Waals surface area contributed by atoms with Crippen LogP contribution in [0.5, 0.6) is 5.75 Å². The number of benzene rings is 2. The molecule has 0 spiro atoms. The summed E-state index contributed by atoms with van der Waals surface area (Å²) in [5.41, 5.74) is 3.14. The van der Waals surface area contributed by atoms with Gasteiger partial charge < -0.3 is 13.9 Å². The molecule has 0 N–H and O–H groups in total. The molecule has 0 saturated carbocycles. The summed E-state index contributed by atoms with van der Waals surface area (Å²) in [6.45, 7) is 10.7. The van der Waals surface area contributed by atoms with Gasteiger partial charge in [0.05, 0.1) is 6.61 Å². The predicted octanol–water partition coefficient (Wildman–Crippen LogP) is 5.79. The molecule has 0 fully saturated rings. The third-order valence-electron chi connectivity index (χ3n) is 4.48. The fraction of sp³-hybridized carbons (Fsp3) is 0.348. The van der Waals surface area contributed by atoms with Gasteiger partial charge in [-0.2, -0.15) is 0 Å². The van der Waals surface area contributed by atoms with Crippen LogP contribution in [-0.4, -0.2) is 12.6 Å². The van der Waals surface area contributed by atoms with Crippen molar-refractivity contribution in [1.82, 2.24) is 0 Å². The van der Waals surface area contributed by atoms with Crippen molar-refractivity contribution in [2.75, 3.05) is 6.61 Å². The van der Waals surface area contributed by atoms with Crippen molar-refractivity contribution in [3.05, 3.63) is 64.9 Å². The Labute approximate surface area is 160 Å². The van der Waals surface area contributed by atoms with E-state index >= 15 is 0 Å². The van der Waals surface area contributed by atoms with Gasteiger partial charge >= 0.3 is 5.97 Å². The van der Waals surface area contributed by atoms with E-state index in [9.17, 15) is 4.79 Å². The van der Waals surface area contributed by atoms with Crippen molar-refractivity contribution >= 4 is 16.9 Å². The molecular weight excluding hydrogens is 340 g/mol. The third-order valence-corrected chi connectivity index (χ3v) is 4.48. The van der Waals surface area contributed by atoms with E-state index < -0.39 is 0 Å². The number of carbonyl (C=O) groups excluding carboxylic acids is 1. The first-order chi connectivity index (χ1) is 12.8. The Bertz CT molecular complexity index is 960. The number of esters is 1. The molecule has 0 aliphatic heterocycles. The molecular formula is C23H26O4. The maximum atomic E-state index is 12.6. The predicted molar refractivity (Wildman–Crippen MR) is 106 cm³/mol. The summed E-state index contributed by atoms with van der Waals surface area (Å²) in [5.74, 6) is 0.960. The second-order valence-electron chi connectivity index (χ2n) is 7.65. The second kappa shape index (κ2) is 7.47. The van der Waals surface area contributed by atoms with E-state index in [4.69, 9.17) is 13.9 Å². The molecule has 0 unspecified atom stereocenters. The molecule has 27 heavy (non-hydrogen) atoms. The molecule has 3 rings (SSSR count). The Hall–Kier alpha value is -2.75. The largest absolute Gasteiger partial charge is 0.489 e. The minimum Gasteiger partial charge on any atom is -0.489 e. The van der Waals surface area contributed by atoms with Crippen LogP contribution in [-0.2, 0) is 16.8 Å². The Balaban J connectivity index is 1.99. The average molecular weight is 366 g/mol. The van der Waals surface area contributed by atoms with Gasteiger partial charge in [-0.3, -0.25) is 0 Å². The van der Waals surface area contributed by atoms with Crippen LogP contribution in [0.25, 0.3) is 11.0 Å². The molecule has 4 heteroatoms. The number of carbonyl (C=O) groups is 1. The zero-order chi connectivity index (χ0) is 19.6. The summed E-state index contributed by atoms with van der Waals surface area (Å²) in [7, 11) is 0. The monoisotopic (exact) mass is 366 g/mol. The Morgan fingerprint density at radius 2 is 1.85 bits per heavy atom. The number of hydrogen-bond donors (Lipinski definition) is 0. The summed E-state index contributed by atoms with van der Waals surface area (Å²) in [6.07, 6.45) is 0. The lowest BCUT2D eigenvalue weighted by Crippen LogP contribution is -2.16. The summed E-state index contributed by atoms with van der Waals surface area (Å²) in [5, 5.41) is 0.723. The van der Waals surface area contributed by atoms with Gasteiger partial charge in [0.1, 0.15) is 29.3 Å². The Kier molecular flexibility index (Phi) is 5.26. The van der Waals surface area contributed by atoms with Gasteiger partial charge in [-0.15, -0.1) is 0 Å². The van der Waals surface area contributed by atoms with Crippen LogP contribution in [0.4, 0.5) is 0 Å². The van der Waals surface area contributed by atoms with E-state index in [0.717, 1.165) is 10.9 Å². The number of furan rings is 1. The van der Waals surface area contributed by atoms with Gasteiger partial charge in [-0.25, -0.2) is 4.79 Å². The first kappa shape index (κ1) is 19.0. The molecule has 2 aromatic carbocycles. The lowest BCUT2D eigenvalue weighted by Gasteiger charge is -2.16. The van der Waals surface area contributed by atoms with Crippen molar-refractivity contribution in [2.24, 2.45) is 0 Å². The van der Waals surface area contributed by atoms with Crippen molar-refractivity contribution in [2.45, 2.75) is 46.6 Å². The lowest BCUT2D eigenvalue weighted by atomic mass is 9.89. The maximum Gasteiger partial charge on any atom is 0.342 e. The standard InChI is InChI=1S/C23H26O4/c1-6-25-22(24)20-18-13-17(26-14-16-10-8-7-9-15(16)2)11-12-19(18)27-21(20)23(3,4)5/h7-13H,6,14H2,1-5H3. The minimum absolute atomic E-state index is 0.316. The normalized spacial score (nSPS) is 11.6. The molecule has 0 radical (unpaired) electrons. The highest BCUT2D eigenvalue weighted by Crippen LogP contribution is 2.36. The topological polar surface area (TPSA) is 48.7 Å².